The first kappa shape index (κ1) is 22.8. The van der Waals surface area contributed by atoms with E-state index in [9.17, 15) is 14.9 Å². The van der Waals surface area contributed by atoms with Crippen molar-refractivity contribution in [1.82, 2.24) is 0 Å². The minimum atomic E-state index is -0.587. The van der Waals surface area contributed by atoms with E-state index in [1.807, 2.05) is 79.7 Å². The SMILES string of the molecule is CCOC(=O)c1c(-c2ccccc2)csc1NC(=O)/C(C#N)=C\c1ccc(N(C)C)cc1. The van der Waals surface area contributed by atoms with Crippen LogP contribution in [0.4, 0.5) is 10.7 Å². The van der Waals surface area contributed by atoms with Crippen LogP contribution >= 0.6 is 11.3 Å². The Labute approximate surface area is 191 Å². The Hall–Kier alpha value is -3.89. The average Bonchev–Trinajstić information content (AvgIpc) is 3.22. The number of anilines is 2. The third-order valence-corrected chi connectivity index (χ3v) is 5.56. The number of thiophene rings is 1. The van der Waals surface area contributed by atoms with Crippen LogP contribution in [0.5, 0.6) is 0 Å². The van der Waals surface area contributed by atoms with Crippen molar-refractivity contribution in [2.45, 2.75) is 6.92 Å². The smallest absolute Gasteiger partial charge is 0.341 e. The van der Waals surface area contributed by atoms with E-state index < -0.39 is 11.9 Å². The summed E-state index contributed by atoms with van der Waals surface area (Å²) in [6.45, 7) is 1.94. The van der Waals surface area contributed by atoms with E-state index in [1.165, 1.54) is 17.4 Å². The summed E-state index contributed by atoms with van der Waals surface area (Å²) >= 11 is 1.22. The summed E-state index contributed by atoms with van der Waals surface area (Å²) in [5, 5.41) is 14.4. The molecular weight excluding hydrogens is 422 g/mol. The zero-order valence-electron chi connectivity index (χ0n) is 18.1. The summed E-state index contributed by atoms with van der Waals surface area (Å²) < 4.78 is 5.22. The number of rotatable bonds is 7. The van der Waals surface area contributed by atoms with Crippen molar-refractivity contribution in [3.05, 3.63) is 76.7 Å². The molecule has 32 heavy (non-hydrogen) atoms. The van der Waals surface area contributed by atoms with Crippen LogP contribution in [-0.4, -0.2) is 32.6 Å². The lowest BCUT2D eigenvalue weighted by Gasteiger charge is -2.12. The lowest BCUT2D eigenvalue weighted by molar-refractivity contribution is -0.112. The van der Waals surface area contributed by atoms with Crippen LogP contribution in [0, 0.1) is 11.3 Å². The molecule has 0 aliphatic rings. The minimum Gasteiger partial charge on any atom is -0.462 e. The van der Waals surface area contributed by atoms with Gasteiger partial charge in [-0.05, 0) is 36.3 Å². The molecule has 0 fully saturated rings. The number of nitriles is 1. The largest absolute Gasteiger partial charge is 0.462 e. The number of hydrogen-bond acceptors (Lipinski definition) is 6. The highest BCUT2D eigenvalue weighted by molar-refractivity contribution is 7.15. The van der Waals surface area contributed by atoms with Gasteiger partial charge in [-0.3, -0.25) is 4.79 Å². The van der Waals surface area contributed by atoms with Crippen molar-refractivity contribution in [3.63, 3.8) is 0 Å². The van der Waals surface area contributed by atoms with Gasteiger partial charge in [-0.2, -0.15) is 5.26 Å². The fourth-order valence-electron chi connectivity index (χ4n) is 3.04. The molecule has 3 aromatic rings. The highest BCUT2D eigenvalue weighted by Gasteiger charge is 2.23. The summed E-state index contributed by atoms with van der Waals surface area (Å²) in [7, 11) is 3.87. The van der Waals surface area contributed by atoms with Gasteiger partial charge in [0.05, 0.1) is 6.61 Å². The first-order valence-corrected chi connectivity index (χ1v) is 10.9. The molecule has 0 spiro atoms. The van der Waals surface area contributed by atoms with E-state index in [-0.39, 0.29) is 17.7 Å². The lowest BCUT2D eigenvalue weighted by atomic mass is 10.0. The van der Waals surface area contributed by atoms with E-state index >= 15 is 0 Å². The Bertz CT molecular complexity index is 1170. The van der Waals surface area contributed by atoms with Gasteiger partial charge in [-0.15, -0.1) is 11.3 Å². The van der Waals surface area contributed by atoms with Crippen molar-refractivity contribution < 1.29 is 14.3 Å². The third kappa shape index (κ3) is 5.23. The molecule has 1 amide bonds. The normalized spacial score (nSPS) is 10.9. The number of nitrogens with zero attached hydrogens (tertiary/aromatic N) is 2. The van der Waals surface area contributed by atoms with E-state index in [1.54, 1.807) is 12.3 Å². The molecule has 3 rings (SSSR count). The lowest BCUT2D eigenvalue weighted by Crippen LogP contribution is -2.16. The predicted octanol–water partition coefficient (Wildman–Crippen LogP) is 5.20. The quantitative estimate of drug-likeness (QED) is 0.307. The van der Waals surface area contributed by atoms with Crippen molar-refractivity contribution in [2.24, 2.45) is 0 Å². The molecule has 162 valence electrons. The number of carbonyl (C=O) groups is 2. The maximum atomic E-state index is 12.8. The molecule has 0 aliphatic carbocycles. The Morgan fingerprint density at radius 1 is 1.12 bits per heavy atom. The molecular formula is C25H23N3O3S. The number of esters is 1. The summed E-state index contributed by atoms with van der Waals surface area (Å²) in [4.78, 5) is 27.5. The Kier molecular flexibility index (Phi) is 7.42. The van der Waals surface area contributed by atoms with Gasteiger partial charge in [0.2, 0.25) is 0 Å². The van der Waals surface area contributed by atoms with Gasteiger partial charge in [0, 0.05) is 30.7 Å². The zero-order chi connectivity index (χ0) is 23.1. The second-order valence-electron chi connectivity index (χ2n) is 7.05. The molecule has 0 radical (unpaired) electrons. The predicted molar refractivity (Wildman–Crippen MR) is 129 cm³/mol. The molecule has 1 N–H and O–H groups in total. The molecule has 2 aromatic carbocycles. The molecule has 0 unspecified atom stereocenters. The second kappa shape index (κ2) is 10.4. The fourth-order valence-corrected chi connectivity index (χ4v) is 3.99. The second-order valence-corrected chi connectivity index (χ2v) is 7.93. The van der Waals surface area contributed by atoms with Crippen LogP contribution in [0.25, 0.3) is 17.2 Å². The van der Waals surface area contributed by atoms with Crippen molar-refractivity contribution in [3.8, 4) is 17.2 Å². The van der Waals surface area contributed by atoms with Crippen LogP contribution in [-0.2, 0) is 9.53 Å². The highest BCUT2D eigenvalue weighted by atomic mass is 32.1. The van der Waals surface area contributed by atoms with Crippen LogP contribution in [0.3, 0.4) is 0 Å². The molecule has 0 aliphatic heterocycles. The minimum absolute atomic E-state index is 0.0629. The van der Waals surface area contributed by atoms with Gasteiger partial charge in [-0.1, -0.05) is 42.5 Å². The Morgan fingerprint density at radius 3 is 2.41 bits per heavy atom. The van der Waals surface area contributed by atoms with Crippen molar-refractivity contribution in [2.75, 3.05) is 30.9 Å². The fraction of sp³-hybridized carbons (Fsp3) is 0.160. The van der Waals surface area contributed by atoms with E-state index in [0.717, 1.165) is 16.8 Å². The first-order valence-electron chi connectivity index (χ1n) is 9.99. The van der Waals surface area contributed by atoms with Gasteiger partial charge >= 0.3 is 5.97 Å². The number of hydrogen-bond donors (Lipinski definition) is 1. The van der Waals surface area contributed by atoms with Gasteiger partial charge in [0.1, 0.15) is 22.2 Å². The van der Waals surface area contributed by atoms with Crippen molar-refractivity contribution >= 4 is 40.0 Å². The molecule has 0 atom stereocenters. The summed E-state index contributed by atoms with van der Waals surface area (Å²) in [5.41, 5.74) is 3.46. The molecule has 1 aromatic heterocycles. The van der Waals surface area contributed by atoms with Crippen LogP contribution in [0.1, 0.15) is 22.8 Å². The zero-order valence-corrected chi connectivity index (χ0v) is 18.9. The topological polar surface area (TPSA) is 82.4 Å². The maximum absolute atomic E-state index is 12.8. The molecule has 0 saturated heterocycles. The van der Waals surface area contributed by atoms with Gasteiger partial charge in [-0.25, -0.2) is 4.79 Å². The van der Waals surface area contributed by atoms with E-state index in [2.05, 4.69) is 5.32 Å². The average molecular weight is 446 g/mol. The maximum Gasteiger partial charge on any atom is 0.341 e. The molecule has 6 nitrogen and oxygen atoms in total. The van der Waals surface area contributed by atoms with Crippen LogP contribution in [0.15, 0.2) is 65.6 Å². The van der Waals surface area contributed by atoms with Crippen LogP contribution in [0.2, 0.25) is 0 Å². The van der Waals surface area contributed by atoms with E-state index in [4.69, 9.17) is 4.74 Å². The Morgan fingerprint density at radius 2 is 1.81 bits per heavy atom. The summed E-state index contributed by atoms with van der Waals surface area (Å²) in [6, 6.07) is 18.8. The number of benzene rings is 2. The monoisotopic (exact) mass is 445 g/mol. The van der Waals surface area contributed by atoms with Gasteiger partial charge in [0.25, 0.3) is 5.91 Å². The van der Waals surface area contributed by atoms with Gasteiger partial charge < -0.3 is 15.0 Å². The van der Waals surface area contributed by atoms with Crippen LogP contribution < -0.4 is 10.2 Å². The standard InChI is InChI=1S/C25H23N3O3S/c1-4-31-25(30)22-21(18-8-6-5-7-9-18)16-32-24(22)27-23(29)19(15-26)14-17-10-12-20(13-11-17)28(2)3/h5-14,16H,4H2,1-3H3,(H,27,29)/b19-14-. The highest BCUT2D eigenvalue weighted by Crippen LogP contribution is 2.36. The van der Waals surface area contributed by atoms with E-state index in [0.29, 0.717) is 10.6 Å². The molecule has 7 heteroatoms. The summed E-state index contributed by atoms with van der Waals surface area (Å²) in [6.07, 6.45) is 1.52. The van der Waals surface area contributed by atoms with Gasteiger partial charge in [0.15, 0.2) is 0 Å². The number of ether oxygens (including phenoxy) is 1. The number of carbonyl (C=O) groups excluding carboxylic acids is 2. The molecule has 1 heterocycles. The van der Waals surface area contributed by atoms with Crippen molar-refractivity contribution in [1.29, 1.82) is 5.26 Å². The third-order valence-electron chi connectivity index (χ3n) is 4.67. The summed E-state index contributed by atoms with van der Waals surface area (Å²) in [5.74, 6) is -1.11. The molecule has 0 bridgehead atoms. The molecule has 0 saturated carbocycles. The Balaban J connectivity index is 1.91. The number of nitrogens with one attached hydrogen (secondary N) is 1. The first-order chi connectivity index (χ1) is 15.4. The number of amides is 1.